The Morgan fingerprint density at radius 2 is 2.12 bits per heavy atom. The topological polar surface area (TPSA) is 81.1 Å². The highest BCUT2D eigenvalue weighted by Crippen LogP contribution is 2.28. The van der Waals surface area contributed by atoms with Gasteiger partial charge in [0.1, 0.15) is 0 Å². The van der Waals surface area contributed by atoms with Gasteiger partial charge in [-0.3, -0.25) is 4.79 Å². The van der Waals surface area contributed by atoms with Crippen molar-refractivity contribution >= 4 is 27.5 Å². The fourth-order valence-electron chi connectivity index (χ4n) is 1.79. The number of rotatable bonds is 3. The molecule has 1 aromatic carbocycles. The molecule has 1 aromatic rings. The van der Waals surface area contributed by atoms with E-state index in [0.717, 1.165) is 23.0 Å². The van der Waals surface area contributed by atoms with Crippen molar-refractivity contribution < 1.29 is 4.79 Å². The molecule has 0 aliphatic heterocycles. The standard InChI is InChI=1S/C11H14BrN3O/c12-9-3-6(11(14)16)1-2-10(9)15-8-4-7(13)5-8/h1-3,7-8,15H,4-5,13H2,(H2,14,16). The average molecular weight is 284 g/mol. The van der Waals surface area contributed by atoms with Gasteiger partial charge in [-0.15, -0.1) is 0 Å². The molecule has 2 rings (SSSR count). The monoisotopic (exact) mass is 283 g/mol. The predicted molar refractivity (Wildman–Crippen MR) is 67.3 cm³/mol. The molecule has 0 spiro atoms. The summed E-state index contributed by atoms with van der Waals surface area (Å²) < 4.78 is 0.851. The van der Waals surface area contributed by atoms with Crippen molar-refractivity contribution in [2.24, 2.45) is 11.5 Å². The summed E-state index contributed by atoms with van der Waals surface area (Å²) in [7, 11) is 0. The number of benzene rings is 1. The zero-order valence-corrected chi connectivity index (χ0v) is 10.3. The lowest BCUT2D eigenvalue weighted by Gasteiger charge is -2.34. The normalized spacial score (nSPS) is 23.6. The van der Waals surface area contributed by atoms with Crippen LogP contribution in [0.1, 0.15) is 23.2 Å². The number of hydrogen-bond acceptors (Lipinski definition) is 3. The average Bonchev–Trinajstić information content (AvgIpc) is 2.18. The summed E-state index contributed by atoms with van der Waals surface area (Å²) in [5, 5.41) is 3.36. The Balaban J connectivity index is 2.07. The Hall–Kier alpha value is -1.07. The number of anilines is 1. The molecule has 1 saturated carbocycles. The van der Waals surface area contributed by atoms with Crippen LogP contribution >= 0.6 is 15.9 Å². The molecule has 5 heteroatoms. The summed E-state index contributed by atoms with van der Waals surface area (Å²) in [6.07, 6.45) is 1.98. The molecule has 4 nitrogen and oxygen atoms in total. The molecule has 0 aromatic heterocycles. The number of hydrogen-bond donors (Lipinski definition) is 3. The maximum atomic E-state index is 11.0. The summed E-state index contributed by atoms with van der Waals surface area (Å²) in [6, 6.07) is 6.05. The Labute approximate surface area is 103 Å². The number of amides is 1. The Bertz CT molecular complexity index is 416. The van der Waals surface area contributed by atoms with Gasteiger partial charge in [0, 0.05) is 27.8 Å². The largest absolute Gasteiger partial charge is 0.381 e. The van der Waals surface area contributed by atoms with E-state index in [0.29, 0.717) is 17.6 Å². The van der Waals surface area contributed by atoms with Gasteiger partial charge < -0.3 is 16.8 Å². The van der Waals surface area contributed by atoms with E-state index in [4.69, 9.17) is 11.5 Å². The van der Waals surface area contributed by atoms with Crippen molar-refractivity contribution in [2.75, 3.05) is 5.32 Å². The van der Waals surface area contributed by atoms with E-state index in [1.165, 1.54) is 0 Å². The summed E-state index contributed by atoms with van der Waals surface area (Å²) in [5.41, 5.74) is 12.4. The third-order valence-corrected chi connectivity index (χ3v) is 3.44. The van der Waals surface area contributed by atoms with E-state index >= 15 is 0 Å². The molecule has 0 saturated heterocycles. The van der Waals surface area contributed by atoms with Crippen molar-refractivity contribution in [3.63, 3.8) is 0 Å². The van der Waals surface area contributed by atoms with Crippen LogP contribution < -0.4 is 16.8 Å². The molecular weight excluding hydrogens is 270 g/mol. The highest BCUT2D eigenvalue weighted by molar-refractivity contribution is 9.10. The molecule has 0 heterocycles. The van der Waals surface area contributed by atoms with E-state index in [1.54, 1.807) is 12.1 Å². The highest BCUT2D eigenvalue weighted by atomic mass is 79.9. The van der Waals surface area contributed by atoms with E-state index in [-0.39, 0.29) is 0 Å². The summed E-state index contributed by atoms with van der Waals surface area (Å²) in [6.45, 7) is 0. The van der Waals surface area contributed by atoms with Gasteiger partial charge in [-0.1, -0.05) is 0 Å². The molecule has 5 N–H and O–H groups in total. The predicted octanol–water partition coefficient (Wildman–Crippen LogP) is 1.45. The van der Waals surface area contributed by atoms with Crippen LogP contribution in [0.2, 0.25) is 0 Å². The van der Waals surface area contributed by atoms with Crippen molar-refractivity contribution in [3.05, 3.63) is 28.2 Å². The first-order valence-corrected chi connectivity index (χ1v) is 5.97. The lowest BCUT2D eigenvalue weighted by molar-refractivity contribution is 0.100. The molecule has 1 amide bonds. The van der Waals surface area contributed by atoms with Crippen LogP contribution in [0.15, 0.2) is 22.7 Å². The minimum atomic E-state index is -0.419. The van der Waals surface area contributed by atoms with Crippen LogP contribution in [-0.4, -0.2) is 18.0 Å². The second-order valence-corrected chi connectivity index (χ2v) is 4.99. The highest BCUT2D eigenvalue weighted by Gasteiger charge is 2.25. The number of nitrogens with two attached hydrogens (primary N) is 2. The molecular formula is C11H14BrN3O. The molecule has 1 aliphatic rings. The van der Waals surface area contributed by atoms with Gasteiger partial charge >= 0.3 is 0 Å². The number of nitrogens with one attached hydrogen (secondary N) is 1. The van der Waals surface area contributed by atoms with Gasteiger partial charge in [0.05, 0.1) is 0 Å². The van der Waals surface area contributed by atoms with Gasteiger partial charge in [0.15, 0.2) is 0 Å². The molecule has 0 radical (unpaired) electrons. The summed E-state index contributed by atoms with van der Waals surface area (Å²) >= 11 is 3.41. The van der Waals surface area contributed by atoms with Crippen molar-refractivity contribution in [1.29, 1.82) is 0 Å². The number of carbonyl (C=O) groups is 1. The maximum Gasteiger partial charge on any atom is 0.248 e. The lowest BCUT2D eigenvalue weighted by atomic mass is 9.87. The van der Waals surface area contributed by atoms with Crippen LogP contribution in [-0.2, 0) is 0 Å². The van der Waals surface area contributed by atoms with Gasteiger partial charge in [-0.2, -0.15) is 0 Å². The molecule has 1 fully saturated rings. The Kier molecular flexibility index (Phi) is 3.16. The Morgan fingerprint density at radius 1 is 1.44 bits per heavy atom. The van der Waals surface area contributed by atoms with E-state index in [9.17, 15) is 4.79 Å². The third kappa shape index (κ3) is 2.36. The Morgan fingerprint density at radius 3 is 2.62 bits per heavy atom. The van der Waals surface area contributed by atoms with Crippen LogP contribution in [0, 0.1) is 0 Å². The molecule has 86 valence electrons. The van der Waals surface area contributed by atoms with E-state index < -0.39 is 5.91 Å². The molecule has 0 atom stereocenters. The maximum absolute atomic E-state index is 11.0. The quantitative estimate of drug-likeness (QED) is 0.785. The zero-order chi connectivity index (χ0) is 11.7. The van der Waals surface area contributed by atoms with Crippen LogP contribution in [0.4, 0.5) is 5.69 Å². The second-order valence-electron chi connectivity index (χ2n) is 4.13. The van der Waals surface area contributed by atoms with E-state index in [2.05, 4.69) is 21.2 Å². The minimum absolute atomic E-state index is 0.321. The summed E-state index contributed by atoms with van der Waals surface area (Å²) in [5.74, 6) is -0.419. The fourth-order valence-corrected chi connectivity index (χ4v) is 2.28. The number of primary amides is 1. The number of halogens is 1. The first-order valence-electron chi connectivity index (χ1n) is 5.17. The fraction of sp³-hybridized carbons (Fsp3) is 0.364. The smallest absolute Gasteiger partial charge is 0.248 e. The van der Waals surface area contributed by atoms with Gasteiger partial charge in [-0.25, -0.2) is 0 Å². The molecule has 1 aliphatic carbocycles. The molecule has 0 unspecified atom stereocenters. The second kappa shape index (κ2) is 4.43. The van der Waals surface area contributed by atoms with Crippen LogP contribution in [0.3, 0.4) is 0 Å². The van der Waals surface area contributed by atoms with Crippen molar-refractivity contribution in [1.82, 2.24) is 0 Å². The SMILES string of the molecule is NC(=O)c1ccc(NC2CC(N)C2)c(Br)c1. The third-order valence-electron chi connectivity index (χ3n) is 2.79. The summed E-state index contributed by atoms with van der Waals surface area (Å²) in [4.78, 5) is 11.0. The van der Waals surface area contributed by atoms with E-state index in [1.807, 2.05) is 6.07 Å². The molecule has 0 bridgehead atoms. The first kappa shape index (κ1) is 11.4. The number of carbonyl (C=O) groups excluding carboxylic acids is 1. The van der Waals surface area contributed by atoms with Crippen LogP contribution in [0.5, 0.6) is 0 Å². The molecule has 16 heavy (non-hydrogen) atoms. The minimum Gasteiger partial charge on any atom is -0.381 e. The lowest BCUT2D eigenvalue weighted by Crippen LogP contribution is -2.44. The van der Waals surface area contributed by atoms with Gasteiger partial charge in [-0.05, 0) is 47.0 Å². The van der Waals surface area contributed by atoms with Gasteiger partial charge in [0.25, 0.3) is 0 Å². The zero-order valence-electron chi connectivity index (χ0n) is 8.74. The first-order chi connectivity index (χ1) is 7.56. The van der Waals surface area contributed by atoms with Crippen molar-refractivity contribution in [3.8, 4) is 0 Å². The van der Waals surface area contributed by atoms with Gasteiger partial charge in [0.2, 0.25) is 5.91 Å². The van der Waals surface area contributed by atoms with Crippen molar-refractivity contribution in [2.45, 2.75) is 24.9 Å². The van der Waals surface area contributed by atoms with Crippen LogP contribution in [0.25, 0.3) is 0 Å².